The maximum absolute atomic E-state index is 5.48. The van der Waals surface area contributed by atoms with Gasteiger partial charge in [-0.05, 0) is 12.3 Å². The van der Waals surface area contributed by atoms with Crippen molar-refractivity contribution in [3.05, 3.63) is 0 Å². The Morgan fingerprint density at radius 2 is 1.67 bits per heavy atom. The van der Waals surface area contributed by atoms with E-state index in [2.05, 4.69) is 20.8 Å². The third kappa shape index (κ3) is 9.96. The maximum atomic E-state index is 5.48. The fraction of sp³-hybridized carbons (Fsp3) is 1.00. The van der Waals surface area contributed by atoms with E-state index >= 15 is 0 Å². The Labute approximate surface area is 77.5 Å². The zero-order valence-electron chi connectivity index (χ0n) is 8.94. The molecule has 1 nitrogen and oxygen atoms in total. The van der Waals surface area contributed by atoms with Crippen molar-refractivity contribution < 1.29 is 4.74 Å². The molecule has 0 aromatic carbocycles. The lowest BCUT2D eigenvalue weighted by atomic mass is 10.2. The van der Waals surface area contributed by atoms with Crippen molar-refractivity contribution in [1.82, 2.24) is 0 Å². The van der Waals surface area contributed by atoms with Gasteiger partial charge in [-0.25, -0.2) is 0 Å². The standard InChI is InChI=1S/C11H24O/c1-4-5-6-7-8-9-12-10-11(2)3/h11H,4-10H2,1-3H3. The molecule has 0 fully saturated rings. The van der Waals surface area contributed by atoms with Crippen LogP contribution in [-0.4, -0.2) is 13.2 Å². The summed E-state index contributed by atoms with van der Waals surface area (Å²) >= 11 is 0. The number of unbranched alkanes of at least 4 members (excludes halogenated alkanes) is 4. The molecule has 0 aromatic rings. The van der Waals surface area contributed by atoms with Gasteiger partial charge < -0.3 is 4.74 Å². The molecule has 74 valence electrons. The quantitative estimate of drug-likeness (QED) is 0.508. The SMILES string of the molecule is CCCCCCCOCC(C)C. The van der Waals surface area contributed by atoms with Crippen LogP contribution in [-0.2, 0) is 4.74 Å². The van der Waals surface area contributed by atoms with Gasteiger partial charge >= 0.3 is 0 Å². The van der Waals surface area contributed by atoms with E-state index in [0.717, 1.165) is 13.2 Å². The lowest BCUT2D eigenvalue weighted by Crippen LogP contribution is -2.02. The second-order valence-corrected chi connectivity index (χ2v) is 3.88. The van der Waals surface area contributed by atoms with Crippen LogP contribution in [0.3, 0.4) is 0 Å². The minimum atomic E-state index is 0.681. The predicted molar refractivity (Wildman–Crippen MR) is 54.4 cm³/mol. The molecule has 0 heterocycles. The normalized spacial score (nSPS) is 11.0. The van der Waals surface area contributed by atoms with Crippen molar-refractivity contribution in [2.45, 2.75) is 52.9 Å². The lowest BCUT2D eigenvalue weighted by molar-refractivity contribution is 0.106. The highest BCUT2D eigenvalue weighted by atomic mass is 16.5. The molecule has 0 aliphatic heterocycles. The van der Waals surface area contributed by atoms with E-state index in [1.165, 1.54) is 32.1 Å². The minimum Gasteiger partial charge on any atom is -0.381 e. The summed E-state index contributed by atoms with van der Waals surface area (Å²) < 4.78 is 5.48. The minimum absolute atomic E-state index is 0.681. The van der Waals surface area contributed by atoms with Crippen molar-refractivity contribution >= 4 is 0 Å². The molecule has 0 amide bonds. The van der Waals surface area contributed by atoms with Gasteiger partial charge in [0.05, 0.1) is 0 Å². The number of rotatable bonds is 8. The molecule has 0 spiro atoms. The maximum Gasteiger partial charge on any atom is 0.0488 e. The Bertz CT molecular complexity index is 79.1. The fourth-order valence-electron chi connectivity index (χ4n) is 1.13. The van der Waals surface area contributed by atoms with Crippen LogP contribution in [0.5, 0.6) is 0 Å². The Balaban J connectivity index is 2.82. The molecule has 0 radical (unpaired) electrons. The Kier molecular flexibility index (Phi) is 9.02. The topological polar surface area (TPSA) is 9.23 Å². The van der Waals surface area contributed by atoms with Gasteiger partial charge in [-0.15, -0.1) is 0 Å². The molecule has 12 heavy (non-hydrogen) atoms. The Hall–Kier alpha value is -0.0400. The number of hydrogen-bond donors (Lipinski definition) is 0. The summed E-state index contributed by atoms with van der Waals surface area (Å²) in [7, 11) is 0. The van der Waals surface area contributed by atoms with Crippen LogP contribution in [0, 0.1) is 5.92 Å². The molecule has 0 aliphatic carbocycles. The van der Waals surface area contributed by atoms with Crippen LogP contribution in [0.25, 0.3) is 0 Å². The van der Waals surface area contributed by atoms with E-state index < -0.39 is 0 Å². The molecule has 0 unspecified atom stereocenters. The van der Waals surface area contributed by atoms with Crippen molar-refractivity contribution in [1.29, 1.82) is 0 Å². The van der Waals surface area contributed by atoms with Gasteiger partial charge in [-0.1, -0.05) is 46.5 Å². The lowest BCUT2D eigenvalue weighted by Gasteiger charge is -2.05. The summed E-state index contributed by atoms with van der Waals surface area (Å²) in [5.41, 5.74) is 0. The average molecular weight is 172 g/mol. The first-order chi connectivity index (χ1) is 5.77. The summed E-state index contributed by atoms with van der Waals surface area (Å²) in [5, 5.41) is 0. The molecule has 0 rings (SSSR count). The van der Waals surface area contributed by atoms with Crippen molar-refractivity contribution in [2.75, 3.05) is 13.2 Å². The molecule has 0 saturated heterocycles. The van der Waals surface area contributed by atoms with E-state index in [1.54, 1.807) is 0 Å². The van der Waals surface area contributed by atoms with Gasteiger partial charge in [0.1, 0.15) is 0 Å². The molecule has 0 aliphatic rings. The van der Waals surface area contributed by atoms with E-state index in [0.29, 0.717) is 5.92 Å². The average Bonchev–Trinajstić information content (AvgIpc) is 2.02. The predicted octanol–water partition coefficient (Wildman–Crippen LogP) is 3.63. The third-order valence-corrected chi connectivity index (χ3v) is 1.84. The highest BCUT2D eigenvalue weighted by molar-refractivity contribution is 4.43. The second kappa shape index (κ2) is 9.05. The van der Waals surface area contributed by atoms with Gasteiger partial charge in [0.15, 0.2) is 0 Å². The van der Waals surface area contributed by atoms with Crippen LogP contribution in [0.15, 0.2) is 0 Å². The molecule has 0 atom stereocenters. The van der Waals surface area contributed by atoms with E-state index in [9.17, 15) is 0 Å². The van der Waals surface area contributed by atoms with Gasteiger partial charge in [0.25, 0.3) is 0 Å². The highest BCUT2D eigenvalue weighted by Gasteiger charge is 1.93. The molecular formula is C11H24O. The van der Waals surface area contributed by atoms with Crippen LogP contribution in [0.2, 0.25) is 0 Å². The van der Waals surface area contributed by atoms with Crippen LogP contribution < -0.4 is 0 Å². The first kappa shape index (κ1) is 12.0. The smallest absolute Gasteiger partial charge is 0.0488 e. The molecule has 0 bridgehead atoms. The van der Waals surface area contributed by atoms with Crippen molar-refractivity contribution in [2.24, 2.45) is 5.92 Å². The van der Waals surface area contributed by atoms with Gasteiger partial charge in [0, 0.05) is 13.2 Å². The second-order valence-electron chi connectivity index (χ2n) is 3.88. The summed E-state index contributed by atoms with van der Waals surface area (Å²) in [6.45, 7) is 8.51. The van der Waals surface area contributed by atoms with Crippen LogP contribution in [0.1, 0.15) is 52.9 Å². The van der Waals surface area contributed by atoms with Gasteiger partial charge in [-0.3, -0.25) is 0 Å². The molecule has 0 aromatic heterocycles. The van der Waals surface area contributed by atoms with E-state index in [1.807, 2.05) is 0 Å². The van der Waals surface area contributed by atoms with E-state index in [4.69, 9.17) is 4.74 Å². The Morgan fingerprint density at radius 3 is 2.25 bits per heavy atom. The molecule has 1 heteroatoms. The first-order valence-electron chi connectivity index (χ1n) is 5.35. The largest absolute Gasteiger partial charge is 0.381 e. The molecular weight excluding hydrogens is 148 g/mol. The highest BCUT2D eigenvalue weighted by Crippen LogP contribution is 2.02. The van der Waals surface area contributed by atoms with Crippen LogP contribution >= 0.6 is 0 Å². The Morgan fingerprint density at radius 1 is 1.00 bits per heavy atom. The zero-order chi connectivity index (χ0) is 9.23. The monoisotopic (exact) mass is 172 g/mol. The summed E-state index contributed by atoms with van der Waals surface area (Å²) in [5.74, 6) is 0.681. The summed E-state index contributed by atoms with van der Waals surface area (Å²) in [6, 6.07) is 0. The zero-order valence-corrected chi connectivity index (χ0v) is 8.94. The van der Waals surface area contributed by atoms with Crippen LogP contribution in [0.4, 0.5) is 0 Å². The third-order valence-electron chi connectivity index (χ3n) is 1.84. The fourth-order valence-corrected chi connectivity index (χ4v) is 1.13. The van der Waals surface area contributed by atoms with E-state index in [-0.39, 0.29) is 0 Å². The van der Waals surface area contributed by atoms with Crippen molar-refractivity contribution in [3.8, 4) is 0 Å². The van der Waals surface area contributed by atoms with Gasteiger partial charge in [-0.2, -0.15) is 0 Å². The van der Waals surface area contributed by atoms with Gasteiger partial charge in [0.2, 0.25) is 0 Å². The summed E-state index contributed by atoms with van der Waals surface area (Å²) in [6.07, 6.45) is 6.66. The van der Waals surface area contributed by atoms with Crippen molar-refractivity contribution in [3.63, 3.8) is 0 Å². The number of hydrogen-bond acceptors (Lipinski definition) is 1. The first-order valence-corrected chi connectivity index (χ1v) is 5.35. The summed E-state index contributed by atoms with van der Waals surface area (Å²) in [4.78, 5) is 0. The number of ether oxygens (including phenoxy) is 1. The molecule has 0 saturated carbocycles. The molecule has 0 N–H and O–H groups in total.